The van der Waals surface area contributed by atoms with E-state index in [4.69, 9.17) is 27.9 Å². The number of para-hydroxylation sites is 1. The fraction of sp³-hybridized carbons (Fsp3) is 0.250. The van der Waals surface area contributed by atoms with Crippen molar-refractivity contribution in [2.45, 2.75) is 25.1 Å². The summed E-state index contributed by atoms with van der Waals surface area (Å²) in [5.41, 5.74) is 1.94. The number of benzene rings is 2. The van der Waals surface area contributed by atoms with Crippen LogP contribution in [0.5, 0.6) is 5.75 Å². The van der Waals surface area contributed by atoms with Crippen molar-refractivity contribution in [3.63, 3.8) is 0 Å². The molecule has 1 aromatic heterocycles. The molecule has 3 rings (SSSR count). The van der Waals surface area contributed by atoms with Crippen molar-refractivity contribution in [1.29, 1.82) is 0 Å². The molecular formula is C20H20Cl2N4O2S. The van der Waals surface area contributed by atoms with Crippen LogP contribution in [0.15, 0.2) is 47.6 Å². The van der Waals surface area contributed by atoms with Gasteiger partial charge >= 0.3 is 0 Å². The zero-order valence-electron chi connectivity index (χ0n) is 16.0. The number of hydrogen-bond donors (Lipinski definition) is 1. The molecule has 0 unspecified atom stereocenters. The van der Waals surface area contributed by atoms with Gasteiger partial charge in [0.2, 0.25) is 5.91 Å². The van der Waals surface area contributed by atoms with Gasteiger partial charge in [0.25, 0.3) is 0 Å². The maximum atomic E-state index is 12.3. The van der Waals surface area contributed by atoms with Crippen LogP contribution >= 0.6 is 35.0 Å². The first-order valence-corrected chi connectivity index (χ1v) is 10.7. The summed E-state index contributed by atoms with van der Waals surface area (Å²) in [5, 5.41) is 12.8. The number of aromatic nitrogens is 3. The van der Waals surface area contributed by atoms with Crippen molar-refractivity contribution < 1.29 is 9.53 Å². The first-order valence-electron chi connectivity index (χ1n) is 8.94. The molecule has 0 aliphatic rings. The molecule has 1 amide bonds. The van der Waals surface area contributed by atoms with E-state index >= 15 is 0 Å². The van der Waals surface area contributed by atoms with Crippen LogP contribution < -0.4 is 10.1 Å². The molecule has 0 atom stereocenters. The van der Waals surface area contributed by atoms with Crippen molar-refractivity contribution in [3.05, 3.63) is 63.9 Å². The van der Waals surface area contributed by atoms with E-state index < -0.39 is 0 Å². The highest BCUT2D eigenvalue weighted by molar-refractivity contribution is 7.99. The standard InChI is InChI=1S/C20H20Cl2N4O2S/c1-3-13-6-4-5-7-16(13)23-19(27)12-29-20-25-24-18(26(20)2)11-28-17-9-8-14(21)10-15(17)22/h4-10H,3,11-12H2,1-2H3,(H,23,27). The van der Waals surface area contributed by atoms with Crippen LogP contribution in [-0.2, 0) is 24.9 Å². The normalized spacial score (nSPS) is 10.8. The molecule has 2 aromatic carbocycles. The summed E-state index contributed by atoms with van der Waals surface area (Å²) in [6.07, 6.45) is 0.855. The van der Waals surface area contributed by atoms with Gasteiger partial charge in [-0.25, -0.2) is 0 Å². The van der Waals surface area contributed by atoms with Crippen molar-refractivity contribution in [2.75, 3.05) is 11.1 Å². The average Bonchev–Trinajstić information content (AvgIpc) is 3.06. The number of amides is 1. The minimum absolute atomic E-state index is 0.0929. The van der Waals surface area contributed by atoms with Gasteiger partial charge in [-0.3, -0.25) is 4.79 Å². The van der Waals surface area contributed by atoms with Crippen LogP contribution in [0, 0.1) is 0 Å². The highest BCUT2D eigenvalue weighted by Crippen LogP contribution is 2.28. The van der Waals surface area contributed by atoms with E-state index in [9.17, 15) is 4.79 Å². The molecule has 0 aliphatic carbocycles. The second kappa shape index (κ2) is 10.0. The quantitative estimate of drug-likeness (QED) is 0.489. The summed E-state index contributed by atoms with van der Waals surface area (Å²) < 4.78 is 7.49. The van der Waals surface area contributed by atoms with Crippen molar-refractivity contribution in [3.8, 4) is 5.75 Å². The van der Waals surface area contributed by atoms with E-state index in [1.807, 2.05) is 31.3 Å². The van der Waals surface area contributed by atoms with Gasteiger partial charge in [-0.05, 0) is 36.2 Å². The van der Waals surface area contributed by atoms with Gasteiger partial charge in [-0.15, -0.1) is 10.2 Å². The molecule has 29 heavy (non-hydrogen) atoms. The van der Waals surface area contributed by atoms with Crippen molar-refractivity contribution >= 4 is 46.6 Å². The predicted octanol–water partition coefficient (Wildman–Crippen LogP) is 4.99. The molecule has 3 aromatic rings. The third-order valence-electron chi connectivity index (χ3n) is 4.18. The lowest BCUT2D eigenvalue weighted by molar-refractivity contribution is -0.113. The number of ether oxygens (including phenoxy) is 1. The maximum Gasteiger partial charge on any atom is 0.234 e. The Morgan fingerprint density at radius 3 is 2.76 bits per heavy atom. The zero-order chi connectivity index (χ0) is 20.8. The molecule has 152 valence electrons. The average molecular weight is 451 g/mol. The Labute approximate surface area is 183 Å². The highest BCUT2D eigenvalue weighted by Gasteiger charge is 2.13. The third kappa shape index (κ3) is 5.65. The predicted molar refractivity (Wildman–Crippen MR) is 117 cm³/mol. The monoisotopic (exact) mass is 450 g/mol. The zero-order valence-corrected chi connectivity index (χ0v) is 18.3. The minimum atomic E-state index is -0.0929. The lowest BCUT2D eigenvalue weighted by atomic mass is 10.1. The Balaban J connectivity index is 1.56. The molecule has 6 nitrogen and oxygen atoms in total. The van der Waals surface area contributed by atoms with Crippen LogP contribution in [0.2, 0.25) is 10.0 Å². The first kappa shape index (κ1) is 21.5. The Morgan fingerprint density at radius 2 is 2.00 bits per heavy atom. The molecule has 0 spiro atoms. The van der Waals surface area contributed by atoms with E-state index in [-0.39, 0.29) is 18.3 Å². The number of aryl methyl sites for hydroxylation is 1. The second-order valence-corrected chi connectivity index (χ2v) is 7.95. The molecule has 0 fully saturated rings. The lowest BCUT2D eigenvalue weighted by Gasteiger charge is -2.10. The summed E-state index contributed by atoms with van der Waals surface area (Å²) in [6, 6.07) is 12.8. The van der Waals surface area contributed by atoms with E-state index in [1.165, 1.54) is 11.8 Å². The Hall–Kier alpha value is -2.22. The van der Waals surface area contributed by atoms with E-state index in [0.717, 1.165) is 17.7 Å². The van der Waals surface area contributed by atoms with Crippen LogP contribution in [0.25, 0.3) is 0 Å². The number of carbonyl (C=O) groups excluding carboxylic acids is 1. The largest absolute Gasteiger partial charge is 0.484 e. The molecular weight excluding hydrogens is 431 g/mol. The van der Waals surface area contributed by atoms with Gasteiger partial charge in [-0.1, -0.05) is 60.1 Å². The van der Waals surface area contributed by atoms with Crippen LogP contribution in [0.4, 0.5) is 5.69 Å². The van der Waals surface area contributed by atoms with Gasteiger partial charge in [0.05, 0.1) is 10.8 Å². The van der Waals surface area contributed by atoms with Gasteiger partial charge in [0, 0.05) is 17.8 Å². The summed E-state index contributed by atoms with van der Waals surface area (Å²) in [7, 11) is 1.83. The fourth-order valence-corrected chi connectivity index (χ4v) is 3.79. The molecule has 0 saturated carbocycles. The van der Waals surface area contributed by atoms with Crippen molar-refractivity contribution in [1.82, 2.24) is 14.8 Å². The van der Waals surface area contributed by atoms with Gasteiger partial charge < -0.3 is 14.6 Å². The highest BCUT2D eigenvalue weighted by atomic mass is 35.5. The molecule has 0 radical (unpaired) electrons. The van der Waals surface area contributed by atoms with Gasteiger partial charge in [-0.2, -0.15) is 0 Å². The SMILES string of the molecule is CCc1ccccc1NC(=O)CSc1nnc(COc2ccc(Cl)cc2Cl)n1C. The fourth-order valence-electron chi connectivity index (χ4n) is 2.60. The number of thioether (sulfide) groups is 1. The number of anilines is 1. The first-order chi connectivity index (χ1) is 14.0. The summed E-state index contributed by atoms with van der Waals surface area (Å²) in [6.45, 7) is 2.25. The molecule has 0 saturated heterocycles. The lowest BCUT2D eigenvalue weighted by Crippen LogP contribution is -2.15. The van der Waals surface area contributed by atoms with Gasteiger partial charge in [0.1, 0.15) is 12.4 Å². The minimum Gasteiger partial charge on any atom is -0.484 e. The summed E-state index contributed by atoms with van der Waals surface area (Å²) in [5.74, 6) is 1.27. The number of nitrogens with one attached hydrogen (secondary N) is 1. The number of nitrogens with zero attached hydrogens (tertiary/aromatic N) is 3. The third-order valence-corrected chi connectivity index (χ3v) is 5.73. The van der Waals surface area contributed by atoms with E-state index in [1.54, 1.807) is 22.8 Å². The topological polar surface area (TPSA) is 69.0 Å². The second-order valence-electron chi connectivity index (χ2n) is 6.17. The number of rotatable bonds is 8. The smallest absolute Gasteiger partial charge is 0.234 e. The Bertz CT molecular complexity index is 1010. The van der Waals surface area contributed by atoms with Gasteiger partial charge in [0.15, 0.2) is 11.0 Å². The Kier molecular flexibility index (Phi) is 7.41. The molecule has 1 heterocycles. The molecule has 0 aliphatic heterocycles. The van der Waals surface area contributed by atoms with E-state index in [0.29, 0.717) is 26.8 Å². The molecule has 9 heteroatoms. The van der Waals surface area contributed by atoms with Crippen molar-refractivity contribution in [2.24, 2.45) is 7.05 Å². The summed E-state index contributed by atoms with van der Waals surface area (Å²) >= 11 is 13.3. The maximum absolute atomic E-state index is 12.3. The number of hydrogen-bond acceptors (Lipinski definition) is 5. The van der Waals surface area contributed by atoms with Crippen LogP contribution in [0.3, 0.4) is 0 Å². The Morgan fingerprint density at radius 1 is 1.21 bits per heavy atom. The molecule has 0 bridgehead atoms. The molecule has 1 N–H and O–H groups in total. The summed E-state index contributed by atoms with van der Waals surface area (Å²) in [4.78, 5) is 12.3. The van der Waals surface area contributed by atoms with Crippen LogP contribution in [0.1, 0.15) is 18.3 Å². The number of carbonyl (C=O) groups is 1. The van der Waals surface area contributed by atoms with Crippen LogP contribution in [-0.4, -0.2) is 26.4 Å². The number of halogens is 2. The van der Waals surface area contributed by atoms with E-state index in [2.05, 4.69) is 22.4 Å².